The second-order valence-corrected chi connectivity index (χ2v) is 3.63. The van der Waals surface area contributed by atoms with Crippen LogP contribution < -0.4 is 5.32 Å². The monoisotopic (exact) mass is 241 g/mol. The summed E-state index contributed by atoms with van der Waals surface area (Å²) in [5.74, 6) is 0. The van der Waals surface area contributed by atoms with Gasteiger partial charge in [-0.25, -0.2) is 4.68 Å². The minimum atomic E-state index is -2.60. The molecule has 0 fully saturated rings. The summed E-state index contributed by atoms with van der Waals surface area (Å²) in [5, 5.41) is 10.8. The summed E-state index contributed by atoms with van der Waals surface area (Å²) >= 11 is 0. The zero-order valence-corrected chi connectivity index (χ0v) is 9.35. The Hall–Kier alpha value is -1.76. The van der Waals surface area contributed by atoms with Crippen LogP contribution in [0.15, 0.2) is 24.5 Å². The van der Waals surface area contributed by atoms with E-state index in [1.54, 1.807) is 10.7 Å². The van der Waals surface area contributed by atoms with Crippen LogP contribution in [0, 0.1) is 0 Å². The fraction of sp³-hybridized carbons (Fsp3) is 0.400. The lowest BCUT2D eigenvalue weighted by Gasteiger charge is -2.06. The Balaban J connectivity index is 1.88. The first kappa shape index (κ1) is 11.7. The van der Waals surface area contributed by atoms with Gasteiger partial charge in [0.1, 0.15) is 0 Å². The third-order valence-electron chi connectivity index (χ3n) is 2.32. The van der Waals surface area contributed by atoms with Crippen molar-refractivity contribution in [3.8, 4) is 0 Å². The minimum Gasteiger partial charge on any atom is -0.305 e. The van der Waals surface area contributed by atoms with Crippen LogP contribution in [0.4, 0.5) is 8.78 Å². The Labute approximate surface area is 97.0 Å². The van der Waals surface area contributed by atoms with Crippen LogP contribution in [0.1, 0.15) is 17.9 Å². The maximum atomic E-state index is 12.5. The van der Waals surface area contributed by atoms with Crippen molar-refractivity contribution in [3.63, 3.8) is 0 Å². The van der Waals surface area contributed by atoms with Crippen LogP contribution in [-0.4, -0.2) is 19.6 Å². The molecular weight excluding hydrogens is 228 g/mol. The van der Waals surface area contributed by atoms with Gasteiger partial charge in [-0.05, 0) is 12.1 Å². The van der Waals surface area contributed by atoms with E-state index in [9.17, 15) is 8.78 Å². The molecule has 0 radical (unpaired) electrons. The largest absolute Gasteiger partial charge is 0.333 e. The van der Waals surface area contributed by atoms with E-state index in [1.807, 2.05) is 19.3 Å². The van der Waals surface area contributed by atoms with Gasteiger partial charge < -0.3 is 5.32 Å². The van der Waals surface area contributed by atoms with Crippen LogP contribution >= 0.6 is 0 Å². The molecule has 0 aliphatic heterocycles. The molecule has 2 aromatic heterocycles. The van der Waals surface area contributed by atoms with Gasteiger partial charge in [-0.3, -0.25) is 4.68 Å². The molecule has 1 N–H and O–H groups in total. The summed E-state index contributed by atoms with van der Waals surface area (Å²) in [4.78, 5) is 0. The molecule has 7 heteroatoms. The molecular formula is C10H13F2N5. The summed E-state index contributed by atoms with van der Waals surface area (Å²) in [6.07, 6.45) is 3.20. The van der Waals surface area contributed by atoms with Crippen LogP contribution in [-0.2, 0) is 20.1 Å². The normalized spacial score (nSPS) is 11.3. The van der Waals surface area contributed by atoms with E-state index in [4.69, 9.17) is 0 Å². The number of aromatic nitrogens is 4. The number of nitrogens with one attached hydrogen (secondary N) is 1. The van der Waals surface area contributed by atoms with Gasteiger partial charge in [0, 0.05) is 32.5 Å². The molecule has 0 spiro atoms. The molecule has 0 aliphatic carbocycles. The van der Waals surface area contributed by atoms with Crippen molar-refractivity contribution >= 4 is 0 Å². The van der Waals surface area contributed by atoms with Crippen LogP contribution in [0.3, 0.4) is 0 Å². The predicted molar refractivity (Wildman–Crippen MR) is 57.2 cm³/mol. The molecule has 0 saturated heterocycles. The Kier molecular flexibility index (Phi) is 3.48. The van der Waals surface area contributed by atoms with Gasteiger partial charge >= 0.3 is 6.55 Å². The van der Waals surface area contributed by atoms with Crippen molar-refractivity contribution in [1.29, 1.82) is 0 Å². The lowest BCUT2D eigenvalue weighted by molar-refractivity contribution is 0.0531. The number of rotatable bonds is 5. The number of alkyl halides is 2. The average molecular weight is 241 g/mol. The maximum Gasteiger partial charge on any atom is 0.333 e. The van der Waals surface area contributed by atoms with E-state index in [0.717, 1.165) is 5.69 Å². The standard InChI is InChI=1S/C10H13F2N5/c1-16-5-3-8(15-16)6-13-7-9-2-4-14-17(9)10(11)12/h2-5,10,13H,6-7H2,1H3. The highest BCUT2D eigenvalue weighted by Crippen LogP contribution is 2.11. The molecule has 92 valence electrons. The second kappa shape index (κ2) is 5.05. The quantitative estimate of drug-likeness (QED) is 0.858. The first-order valence-electron chi connectivity index (χ1n) is 5.16. The number of aryl methyl sites for hydroxylation is 1. The van der Waals surface area contributed by atoms with Gasteiger partial charge in [-0.1, -0.05) is 0 Å². The summed E-state index contributed by atoms with van der Waals surface area (Å²) in [5.41, 5.74) is 1.33. The Bertz CT molecular complexity index is 477. The van der Waals surface area contributed by atoms with E-state index in [1.165, 1.54) is 6.20 Å². The highest BCUT2D eigenvalue weighted by molar-refractivity contribution is 5.02. The number of hydrogen-bond donors (Lipinski definition) is 1. The van der Waals surface area contributed by atoms with Gasteiger partial charge in [0.2, 0.25) is 0 Å². The molecule has 0 aliphatic rings. The average Bonchev–Trinajstić information content (AvgIpc) is 2.87. The molecule has 17 heavy (non-hydrogen) atoms. The molecule has 0 bridgehead atoms. The first-order chi connectivity index (χ1) is 8.16. The van der Waals surface area contributed by atoms with Crippen molar-refractivity contribution < 1.29 is 8.78 Å². The SMILES string of the molecule is Cn1ccc(CNCc2ccnn2C(F)F)n1. The van der Waals surface area contributed by atoms with Gasteiger partial charge in [0.15, 0.2) is 0 Å². The fourth-order valence-electron chi connectivity index (χ4n) is 1.53. The van der Waals surface area contributed by atoms with Crippen molar-refractivity contribution in [2.45, 2.75) is 19.6 Å². The topological polar surface area (TPSA) is 47.7 Å². The molecule has 0 amide bonds. The van der Waals surface area contributed by atoms with E-state index < -0.39 is 6.55 Å². The van der Waals surface area contributed by atoms with E-state index in [2.05, 4.69) is 15.5 Å². The van der Waals surface area contributed by atoms with Gasteiger partial charge in [0.25, 0.3) is 0 Å². The van der Waals surface area contributed by atoms with Gasteiger partial charge in [-0.2, -0.15) is 19.0 Å². The summed E-state index contributed by atoms with van der Waals surface area (Å²) in [6.45, 7) is -1.73. The highest BCUT2D eigenvalue weighted by atomic mass is 19.3. The third kappa shape index (κ3) is 2.88. The van der Waals surface area contributed by atoms with Gasteiger partial charge in [0.05, 0.1) is 11.4 Å². The third-order valence-corrected chi connectivity index (χ3v) is 2.32. The molecule has 0 unspecified atom stereocenters. The van der Waals surface area contributed by atoms with Crippen LogP contribution in [0.5, 0.6) is 0 Å². The Morgan fingerprint density at radius 1 is 1.35 bits per heavy atom. The van der Waals surface area contributed by atoms with Crippen molar-refractivity contribution in [1.82, 2.24) is 24.9 Å². The van der Waals surface area contributed by atoms with Crippen molar-refractivity contribution in [2.75, 3.05) is 0 Å². The smallest absolute Gasteiger partial charge is 0.305 e. The molecule has 0 atom stereocenters. The number of halogens is 2. The molecule has 0 saturated carbocycles. The molecule has 0 aromatic carbocycles. The summed E-state index contributed by atoms with van der Waals surface area (Å²) in [6, 6.07) is 3.44. The lowest BCUT2D eigenvalue weighted by Crippen LogP contribution is -2.17. The Morgan fingerprint density at radius 3 is 2.82 bits per heavy atom. The molecule has 2 heterocycles. The second-order valence-electron chi connectivity index (χ2n) is 3.63. The zero-order chi connectivity index (χ0) is 12.3. The van der Waals surface area contributed by atoms with E-state index in [-0.39, 0.29) is 0 Å². The van der Waals surface area contributed by atoms with Crippen LogP contribution in [0.25, 0.3) is 0 Å². The summed E-state index contributed by atoms with van der Waals surface area (Å²) < 4.78 is 27.3. The maximum absolute atomic E-state index is 12.5. The Morgan fingerprint density at radius 2 is 2.18 bits per heavy atom. The number of hydrogen-bond acceptors (Lipinski definition) is 3. The lowest BCUT2D eigenvalue weighted by atomic mass is 10.4. The van der Waals surface area contributed by atoms with Crippen molar-refractivity contribution in [2.24, 2.45) is 7.05 Å². The van der Waals surface area contributed by atoms with E-state index in [0.29, 0.717) is 23.5 Å². The zero-order valence-electron chi connectivity index (χ0n) is 9.35. The molecule has 5 nitrogen and oxygen atoms in total. The predicted octanol–water partition coefficient (Wildman–Crippen LogP) is 1.30. The molecule has 2 rings (SSSR count). The van der Waals surface area contributed by atoms with Crippen LogP contribution in [0.2, 0.25) is 0 Å². The molecule has 2 aromatic rings. The number of nitrogens with zero attached hydrogens (tertiary/aromatic N) is 4. The summed E-state index contributed by atoms with van der Waals surface area (Å²) in [7, 11) is 1.83. The fourth-order valence-corrected chi connectivity index (χ4v) is 1.53. The van der Waals surface area contributed by atoms with E-state index >= 15 is 0 Å². The highest BCUT2D eigenvalue weighted by Gasteiger charge is 2.10. The van der Waals surface area contributed by atoms with Gasteiger partial charge in [-0.15, -0.1) is 0 Å². The van der Waals surface area contributed by atoms with Crippen molar-refractivity contribution in [3.05, 3.63) is 35.9 Å². The minimum absolute atomic E-state index is 0.334. The first-order valence-corrected chi connectivity index (χ1v) is 5.16.